The third-order valence-corrected chi connectivity index (χ3v) is 6.18. The van der Waals surface area contributed by atoms with Crippen LogP contribution in [0.4, 0.5) is 5.69 Å². The quantitative estimate of drug-likeness (QED) is 0.571. The second-order valence-electron chi connectivity index (χ2n) is 7.57. The maximum absolute atomic E-state index is 12.6. The summed E-state index contributed by atoms with van der Waals surface area (Å²) in [7, 11) is 0. The van der Waals surface area contributed by atoms with Crippen LogP contribution >= 0.6 is 11.8 Å². The Hall–Kier alpha value is -3.00. The van der Waals surface area contributed by atoms with Crippen molar-refractivity contribution in [3.63, 3.8) is 0 Å². The fourth-order valence-corrected chi connectivity index (χ4v) is 4.36. The minimum atomic E-state index is 0.121. The fraction of sp³-hybridized carbons (Fsp3) is 0.348. The van der Waals surface area contributed by atoms with Gasteiger partial charge in [-0.3, -0.25) is 9.89 Å². The Labute approximate surface area is 186 Å². The minimum Gasteiger partial charge on any atom is -0.485 e. The molecule has 2 aromatic carbocycles. The van der Waals surface area contributed by atoms with Gasteiger partial charge in [-0.15, -0.1) is 5.10 Å². The Bertz CT molecular complexity index is 996. The lowest BCUT2D eigenvalue weighted by molar-refractivity contribution is -0.128. The minimum absolute atomic E-state index is 0.121. The molecule has 1 amide bonds. The van der Waals surface area contributed by atoms with Crippen LogP contribution in [0.5, 0.6) is 5.75 Å². The molecule has 3 aromatic rings. The predicted octanol–water partition coefficient (Wildman–Crippen LogP) is 3.44. The molecule has 7 nitrogen and oxygen atoms in total. The van der Waals surface area contributed by atoms with Crippen LogP contribution in [0.1, 0.15) is 17.0 Å². The molecule has 0 radical (unpaired) electrons. The molecule has 0 aliphatic carbocycles. The molecule has 1 N–H and O–H groups in total. The zero-order valence-corrected chi connectivity index (χ0v) is 18.7. The van der Waals surface area contributed by atoms with Gasteiger partial charge < -0.3 is 14.5 Å². The van der Waals surface area contributed by atoms with Gasteiger partial charge in [0, 0.05) is 31.9 Å². The van der Waals surface area contributed by atoms with Crippen LogP contribution in [0.2, 0.25) is 0 Å². The molecule has 4 rings (SSSR count). The van der Waals surface area contributed by atoms with Gasteiger partial charge in [-0.25, -0.2) is 4.98 Å². The number of rotatable bonds is 7. The van der Waals surface area contributed by atoms with Gasteiger partial charge in [0.15, 0.2) is 5.82 Å². The van der Waals surface area contributed by atoms with Crippen molar-refractivity contribution >= 4 is 23.4 Å². The summed E-state index contributed by atoms with van der Waals surface area (Å²) >= 11 is 1.35. The van der Waals surface area contributed by atoms with E-state index in [9.17, 15) is 4.79 Å². The summed E-state index contributed by atoms with van der Waals surface area (Å²) in [6, 6.07) is 16.4. The average molecular weight is 438 g/mol. The highest BCUT2D eigenvalue weighted by molar-refractivity contribution is 7.99. The molecule has 1 aliphatic heterocycles. The number of amides is 1. The van der Waals surface area contributed by atoms with E-state index in [1.807, 2.05) is 55.1 Å². The van der Waals surface area contributed by atoms with Gasteiger partial charge in [-0.1, -0.05) is 48.2 Å². The van der Waals surface area contributed by atoms with Crippen LogP contribution in [0.25, 0.3) is 0 Å². The lowest BCUT2D eigenvalue weighted by Gasteiger charge is -2.36. The Morgan fingerprint density at radius 2 is 1.74 bits per heavy atom. The molecule has 8 heteroatoms. The summed E-state index contributed by atoms with van der Waals surface area (Å²) in [5.41, 5.74) is 3.39. The number of nitrogens with zero attached hydrogens (tertiary/aromatic N) is 4. The Kier molecular flexibility index (Phi) is 6.76. The number of piperazine rings is 1. The van der Waals surface area contributed by atoms with E-state index in [1.165, 1.54) is 17.4 Å². The van der Waals surface area contributed by atoms with Gasteiger partial charge in [-0.05, 0) is 37.1 Å². The van der Waals surface area contributed by atoms with E-state index >= 15 is 0 Å². The lowest BCUT2D eigenvalue weighted by atomic mass is 10.1. The molecule has 0 bridgehead atoms. The molecular weight excluding hydrogens is 410 g/mol. The molecule has 1 aliphatic rings. The van der Waals surface area contributed by atoms with E-state index in [2.05, 4.69) is 32.2 Å². The molecule has 31 heavy (non-hydrogen) atoms. The molecule has 0 atom stereocenters. The number of carbonyl (C=O) groups is 1. The van der Waals surface area contributed by atoms with Crippen LogP contribution in [-0.2, 0) is 11.4 Å². The first kappa shape index (κ1) is 21.2. The first-order valence-corrected chi connectivity index (χ1v) is 11.4. The molecule has 1 fully saturated rings. The number of benzene rings is 2. The number of thioether (sulfide) groups is 1. The normalized spacial score (nSPS) is 14.0. The van der Waals surface area contributed by atoms with E-state index in [0.29, 0.717) is 23.3 Å². The van der Waals surface area contributed by atoms with Crippen molar-refractivity contribution in [3.05, 3.63) is 65.5 Å². The number of aryl methyl sites for hydroxylation is 2. The molecule has 0 unspecified atom stereocenters. The molecule has 1 aromatic heterocycles. The number of para-hydroxylation sites is 2. The number of ether oxygens (including phenoxy) is 1. The zero-order chi connectivity index (χ0) is 21.6. The van der Waals surface area contributed by atoms with Gasteiger partial charge >= 0.3 is 0 Å². The van der Waals surface area contributed by atoms with Gasteiger partial charge in [0.1, 0.15) is 12.4 Å². The lowest BCUT2D eigenvalue weighted by Crippen LogP contribution is -2.49. The summed E-state index contributed by atoms with van der Waals surface area (Å²) in [6.45, 7) is 7.52. The highest BCUT2D eigenvalue weighted by Gasteiger charge is 2.21. The zero-order valence-electron chi connectivity index (χ0n) is 17.9. The van der Waals surface area contributed by atoms with Crippen molar-refractivity contribution in [2.24, 2.45) is 0 Å². The number of nitrogens with one attached hydrogen (secondary N) is 1. The number of hydrogen-bond acceptors (Lipinski definition) is 6. The summed E-state index contributed by atoms with van der Waals surface area (Å²) in [4.78, 5) is 21.3. The Morgan fingerprint density at radius 3 is 2.45 bits per heavy atom. The van der Waals surface area contributed by atoms with Crippen LogP contribution in [0.3, 0.4) is 0 Å². The average Bonchev–Trinajstić information content (AvgIpc) is 3.26. The first-order chi connectivity index (χ1) is 15.1. The standard InChI is InChI=1S/C23H27N5O2S/c1-17-7-6-8-18(2)22(17)30-15-20-24-23(26-25-20)31-16-21(29)28-13-11-27(12-14-28)19-9-4-3-5-10-19/h3-10H,11-16H2,1-2H3,(H,24,25,26). The van der Waals surface area contributed by atoms with Crippen molar-refractivity contribution in [2.45, 2.75) is 25.6 Å². The largest absolute Gasteiger partial charge is 0.485 e. The Balaban J connectivity index is 1.23. The molecule has 0 saturated carbocycles. The van der Waals surface area contributed by atoms with Gasteiger partial charge in [0.05, 0.1) is 5.75 Å². The monoisotopic (exact) mass is 437 g/mol. The summed E-state index contributed by atoms with van der Waals surface area (Å²) in [6.07, 6.45) is 0. The van der Waals surface area contributed by atoms with Gasteiger partial charge in [0.25, 0.3) is 0 Å². The molecule has 1 saturated heterocycles. The first-order valence-electron chi connectivity index (χ1n) is 10.4. The predicted molar refractivity (Wildman–Crippen MR) is 123 cm³/mol. The second-order valence-corrected chi connectivity index (χ2v) is 8.51. The highest BCUT2D eigenvalue weighted by atomic mass is 32.2. The molecule has 2 heterocycles. The maximum atomic E-state index is 12.6. The fourth-order valence-electron chi connectivity index (χ4n) is 3.64. The summed E-state index contributed by atoms with van der Waals surface area (Å²) in [5, 5.41) is 7.68. The van der Waals surface area contributed by atoms with E-state index in [0.717, 1.165) is 43.1 Å². The summed E-state index contributed by atoms with van der Waals surface area (Å²) in [5.74, 6) is 1.98. The van der Waals surface area contributed by atoms with E-state index in [1.54, 1.807) is 0 Å². The van der Waals surface area contributed by atoms with Crippen LogP contribution in [0.15, 0.2) is 53.7 Å². The third-order valence-electron chi connectivity index (χ3n) is 5.35. The smallest absolute Gasteiger partial charge is 0.233 e. The van der Waals surface area contributed by atoms with Crippen molar-refractivity contribution in [2.75, 3.05) is 36.8 Å². The van der Waals surface area contributed by atoms with Crippen molar-refractivity contribution < 1.29 is 9.53 Å². The maximum Gasteiger partial charge on any atom is 0.233 e. The number of aromatic nitrogens is 3. The van der Waals surface area contributed by atoms with Crippen LogP contribution in [0, 0.1) is 13.8 Å². The van der Waals surface area contributed by atoms with Crippen molar-refractivity contribution in [1.82, 2.24) is 20.1 Å². The summed E-state index contributed by atoms with van der Waals surface area (Å²) < 4.78 is 5.91. The number of carbonyl (C=O) groups excluding carboxylic acids is 1. The van der Waals surface area contributed by atoms with E-state index in [4.69, 9.17) is 4.74 Å². The molecule has 0 spiro atoms. The number of anilines is 1. The number of aromatic amines is 1. The number of hydrogen-bond donors (Lipinski definition) is 1. The van der Waals surface area contributed by atoms with Crippen molar-refractivity contribution in [3.8, 4) is 5.75 Å². The van der Waals surface area contributed by atoms with E-state index in [-0.39, 0.29) is 5.91 Å². The Morgan fingerprint density at radius 1 is 1.03 bits per heavy atom. The highest BCUT2D eigenvalue weighted by Crippen LogP contribution is 2.23. The molecular formula is C23H27N5O2S. The third kappa shape index (κ3) is 5.38. The van der Waals surface area contributed by atoms with E-state index < -0.39 is 0 Å². The number of H-pyrrole nitrogens is 1. The SMILES string of the molecule is Cc1cccc(C)c1OCc1nc(SCC(=O)N2CCN(c3ccccc3)CC2)n[nH]1. The topological polar surface area (TPSA) is 74.3 Å². The molecule has 162 valence electrons. The van der Waals surface area contributed by atoms with Crippen molar-refractivity contribution in [1.29, 1.82) is 0 Å². The van der Waals surface area contributed by atoms with Gasteiger partial charge in [0.2, 0.25) is 11.1 Å². The van der Waals surface area contributed by atoms with Crippen LogP contribution < -0.4 is 9.64 Å². The second kappa shape index (κ2) is 9.87. The van der Waals surface area contributed by atoms with Crippen LogP contribution in [-0.4, -0.2) is 57.9 Å². The van der Waals surface area contributed by atoms with Gasteiger partial charge in [-0.2, -0.15) is 0 Å².